The van der Waals surface area contributed by atoms with Gasteiger partial charge in [-0.15, -0.1) is 0 Å². The van der Waals surface area contributed by atoms with Gasteiger partial charge in [-0.2, -0.15) is 0 Å². The zero-order valence-electron chi connectivity index (χ0n) is 12.8. The second kappa shape index (κ2) is 6.62. The standard InChI is InChI=1S/C16H20N2OS2/c1-5-11(2)18-15(19)14(21-16(18)20)10-12-6-8-13(9-7-12)17(3)4/h6-11H,5H2,1-4H3. The quantitative estimate of drug-likeness (QED) is 0.623. The van der Waals surface area contributed by atoms with Gasteiger partial charge in [0, 0.05) is 25.8 Å². The van der Waals surface area contributed by atoms with Gasteiger partial charge in [0.05, 0.1) is 4.91 Å². The Kier molecular flexibility index (Phi) is 5.06. The number of amides is 1. The van der Waals surface area contributed by atoms with E-state index in [1.54, 1.807) is 4.90 Å². The van der Waals surface area contributed by atoms with Gasteiger partial charge in [-0.3, -0.25) is 9.69 Å². The molecule has 0 N–H and O–H groups in total. The Bertz CT molecular complexity index is 578. The molecule has 1 fully saturated rings. The normalized spacial score (nSPS) is 18.5. The van der Waals surface area contributed by atoms with Gasteiger partial charge >= 0.3 is 0 Å². The lowest BCUT2D eigenvalue weighted by molar-refractivity contribution is -0.123. The van der Waals surface area contributed by atoms with Crippen molar-refractivity contribution in [2.75, 3.05) is 19.0 Å². The SMILES string of the molecule is CCC(C)N1C(=O)C(=Cc2ccc(N(C)C)cc2)SC1=S. The maximum Gasteiger partial charge on any atom is 0.266 e. The molecule has 1 aliphatic rings. The van der Waals surface area contributed by atoms with E-state index in [4.69, 9.17) is 12.2 Å². The Hall–Kier alpha value is -1.33. The van der Waals surface area contributed by atoms with Crippen LogP contribution in [0.25, 0.3) is 6.08 Å². The first-order valence-corrected chi connectivity index (χ1v) is 8.21. The van der Waals surface area contributed by atoms with Crippen LogP contribution in [0.2, 0.25) is 0 Å². The number of hydrogen-bond donors (Lipinski definition) is 0. The van der Waals surface area contributed by atoms with Crippen molar-refractivity contribution >= 4 is 46.0 Å². The fourth-order valence-corrected chi connectivity index (χ4v) is 3.52. The molecule has 1 heterocycles. The van der Waals surface area contributed by atoms with Crippen LogP contribution in [0, 0.1) is 0 Å². The molecule has 1 aliphatic heterocycles. The number of carbonyl (C=O) groups excluding carboxylic acids is 1. The summed E-state index contributed by atoms with van der Waals surface area (Å²) in [5.41, 5.74) is 2.16. The van der Waals surface area contributed by atoms with E-state index in [2.05, 4.69) is 6.92 Å². The van der Waals surface area contributed by atoms with Crippen LogP contribution in [0.1, 0.15) is 25.8 Å². The fraction of sp³-hybridized carbons (Fsp3) is 0.375. The fourth-order valence-electron chi connectivity index (χ4n) is 2.06. The molecular weight excluding hydrogens is 300 g/mol. The highest BCUT2D eigenvalue weighted by Gasteiger charge is 2.34. The number of hydrogen-bond acceptors (Lipinski definition) is 4. The lowest BCUT2D eigenvalue weighted by atomic mass is 10.1. The molecule has 5 heteroatoms. The molecule has 1 unspecified atom stereocenters. The molecule has 21 heavy (non-hydrogen) atoms. The first-order valence-electron chi connectivity index (χ1n) is 6.98. The highest BCUT2D eigenvalue weighted by molar-refractivity contribution is 8.26. The van der Waals surface area contributed by atoms with Crippen LogP contribution in [0.5, 0.6) is 0 Å². The summed E-state index contributed by atoms with van der Waals surface area (Å²) in [7, 11) is 4.01. The number of anilines is 1. The van der Waals surface area contributed by atoms with Crippen molar-refractivity contribution < 1.29 is 4.79 Å². The minimum absolute atomic E-state index is 0.0241. The molecule has 1 aromatic carbocycles. The molecular formula is C16H20N2OS2. The van der Waals surface area contributed by atoms with Crippen LogP contribution in [0.4, 0.5) is 5.69 Å². The third-order valence-electron chi connectivity index (χ3n) is 3.56. The topological polar surface area (TPSA) is 23.6 Å². The summed E-state index contributed by atoms with van der Waals surface area (Å²) in [6.45, 7) is 4.09. The predicted octanol–water partition coefficient (Wildman–Crippen LogP) is 3.75. The summed E-state index contributed by atoms with van der Waals surface area (Å²) in [6, 6.07) is 8.28. The summed E-state index contributed by atoms with van der Waals surface area (Å²) >= 11 is 6.72. The maximum absolute atomic E-state index is 12.4. The average Bonchev–Trinajstić information content (AvgIpc) is 2.73. The predicted molar refractivity (Wildman–Crippen MR) is 95.5 cm³/mol. The van der Waals surface area contributed by atoms with Crippen molar-refractivity contribution in [1.82, 2.24) is 4.90 Å². The van der Waals surface area contributed by atoms with Crippen molar-refractivity contribution in [2.45, 2.75) is 26.3 Å². The Morgan fingerprint density at radius 2 is 1.95 bits per heavy atom. The third-order valence-corrected chi connectivity index (χ3v) is 4.89. The van der Waals surface area contributed by atoms with Gasteiger partial charge < -0.3 is 4.90 Å². The van der Waals surface area contributed by atoms with E-state index >= 15 is 0 Å². The molecule has 0 spiro atoms. The number of benzene rings is 1. The number of rotatable bonds is 4. The summed E-state index contributed by atoms with van der Waals surface area (Å²) < 4.78 is 0.658. The van der Waals surface area contributed by atoms with E-state index in [1.165, 1.54) is 11.8 Å². The second-order valence-corrected chi connectivity index (χ2v) is 6.97. The summed E-state index contributed by atoms with van der Waals surface area (Å²) in [6.07, 6.45) is 2.82. The van der Waals surface area contributed by atoms with Crippen molar-refractivity contribution in [3.05, 3.63) is 34.7 Å². The van der Waals surface area contributed by atoms with Gasteiger partial charge in [0.15, 0.2) is 0 Å². The van der Waals surface area contributed by atoms with Gasteiger partial charge in [0.1, 0.15) is 4.32 Å². The molecule has 0 saturated carbocycles. The Balaban J connectivity index is 2.22. The van der Waals surface area contributed by atoms with Gasteiger partial charge in [0.2, 0.25) is 0 Å². The van der Waals surface area contributed by atoms with Gasteiger partial charge in [-0.1, -0.05) is 43.0 Å². The van der Waals surface area contributed by atoms with Gasteiger partial charge in [0.25, 0.3) is 5.91 Å². The summed E-state index contributed by atoms with van der Waals surface area (Å²) in [5.74, 6) is 0.0241. The number of nitrogens with zero attached hydrogens (tertiary/aromatic N) is 2. The first-order chi connectivity index (χ1) is 9.93. The molecule has 112 valence electrons. The number of thiocarbonyl (C=S) groups is 1. The van der Waals surface area contributed by atoms with Crippen molar-refractivity contribution in [3.63, 3.8) is 0 Å². The minimum atomic E-state index is 0.0241. The molecule has 0 aromatic heterocycles. The van der Waals surface area contributed by atoms with Crippen LogP contribution in [-0.4, -0.2) is 35.3 Å². The Labute approximate surface area is 136 Å². The molecule has 1 aromatic rings. The van der Waals surface area contributed by atoms with E-state index in [0.29, 0.717) is 9.23 Å². The van der Waals surface area contributed by atoms with E-state index in [-0.39, 0.29) is 11.9 Å². The zero-order chi connectivity index (χ0) is 15.6. The summed E-state index contributed by atoms with van der Waals surface area (Å²) in [5, 5.41) is 0. The lowest BCUT2D eigenvalue weighted by Crippen LogP contribution is -2.36. The minimum Gasteiger partial charge on any atom is -0.378 e. The number of carbonyl (C=O) groups is 1. The molecule has 0 bridgehead atoms. The monoisotopic (exact) mass is 320 g/mol. The van der Waals surface area contributed by atoms with Gasteiger partial charge in [-0.05, 0) is 37.1 Å². The van der Waals surface area contributed by atoms with Crippen LogP contribution < -0.4 is 4.90 Å². The van der Waals surface area contributed by atoms with Gasteiger partial charge in [-0.25, -0.2) is 0 Å². The lowest BCUT2D eigenvalue weighted by Gasteiger charge is -2.21. The highest BCUT2D eigenvalue weighted by Crippen LogP contribution is 2.34. The Morgan fingerprint density at radius 3 is 2.48 bits per heavy atom. The van der Waals surface area contributed by atoms with Crippen LogP contribution in [-0.2, 0) is 4.79 Å². The molecule has 0 radical (unpaired) electrons. The van der Waals surface area contributed by atoms with E-state index < -0.39 is 0 Å². The van der Waals surface area contributed by atoms with Crippen molar-refractivity contribution in [2.24, 2.45) is 0 Å². The molecule has 3 nitrogen and oxygen atoms in total. The largest absolute Gasteiger partial charge is 0.378 e. The molecule has 0 aliphatic carbocycles. The zero-order valence-corrected chi connectivity index (χ0v) is 14.4. The van der Waals surface area contributed by atoms with E-state index in [1.807, 2.05) is 56.3 Å². The summed E-state index contributed by atoms with van der Waals surface area (Å²) in [4.78, 5) is 16.9. The first kappa shape index (κ1) is 16.0. The molecule has 1 amide bonds. The Morgan fingerprint density at radius 1 is 1.33 bits per heavy atom. The van der Waals surface area contributed by atoms with E-state index in [0.717, 1.165) is 17.7 Å². The van der Waals surface area contributed by atoms with Crippen LogP contribution in [0.15, 0.2) is 29.2 Å². The van der Waals surface area contributed by atoms with Crippen molar-refractivity contribution in [3.8, 4) is 0 Å². The molecule has 2 rings (SSSR count). The second-order valence-electron chi connectivity index (χ2n) is 5.29. The average molecular weight is 320 g/mol. The molecule has 1 atom stereocenters. The van der Waals surface area contributed by atoms with E-state index in [9.17, 15) is 4.79 Å². The smallest absolute Gasteiger partial charge is 0.266 e. The van der Waals surface area contributed by atoms with Crippen molar-refractivity contribution in [1.29, 1.82) is 0 Å². The maximum atomic E-state index is 12.4. The van der Waals surface area contributed by atoms with Crippen LogP contribution in [0.3, 0.4) is 0 Å². The molecule has 1 saturated heterocycles. The van der Waals surface area contributed by atoms with Crippen LogP contribution >= 0.6 is 24.0 Å². The third kappa shape index (κ3) is 3.47. The number of thioether (sulfide) groups is 1. The highest BCUT2D eigenvalue weighted by atomic mass is 32.2.